The first-order valence-electron chi connectivity index (χ1n) is 7.69. The molecule has 0 bridgehead atoms. The summed E-state index contributed by atoms with van der Waals surface area (Å²) in [5.74, 6) is 1.90. The highest BCUT2D eigenvalue weighted by Crippen LogP contribution is 2.47. The summed E-state index contributed by atoms with van der Waals surface area (Å²) in [4.78, 5) is 0. The smallest absolute Gasteiger partial charge is 0.157 e. The predicted molar refractivity (Wildman–Crippen MR) is 86.3 cm³/mol. The van der Waals surface area contributed by atoms with E-state index in [1.807, 2.05) is 24.3 Å². The number of benzene rings is 1. The lowest BCUT2D eigenvalue weighted by atomic mass is 9.79. The van der Waals surface area contributed by atoms with E-state index in [1.54, 1.807) is 0 Å². The fourth-order valence-corrected chi connectivity index (χ4v) is 4.24. The summed E-state index contributed by atoms with van der Waals surface area (Å²) in [6, 6.07) is 7.62. The molecule has 1 aliphatic carbocycles. The third-order valence-corrected chi connectivity index (χ3v) is 6.97. The van der Waals surface area contributed by atoms with Crippen LogP contribution in [-0.2, 0) is 14.6 Å². The van der Waals surface area contributed by atoms with Gasteiger partial charge in [0.25, 0.3) is 0 Å². The normalized spacial score (nSPS) is 19.1. The molecule has 0 spiro atoms. The van der Waals surface area contributed by atoms with Gasteiger partial charge >= 0.3 is 0 Å². The van der Waals surface area contributed by atoms with Crippen molar-refractivity contribution in [3.63, 3.8) is 0 Å². The maximum atomic E-state index is 12.1. The number of sulfone groups is 1. The van der Waals surface area contributed by atoms with E-state index in [-0.39, 0.29) is 0 Å². The average Bonchev–Trinajstić information content (AvgIpc) is 2.34. The van der Waals surface area contributed by atoms with Gasteiger partial charge in [-0.15, -0.1) is 0 Å². The molecule has 0 aliphatic heterocycles. The lowest BCUT2D eigenvalue weighted by Crippen LogP contribution is -2.41. The summed E-state index contributed by atoms with van der Waals surface area (Å²) in [6.45, 7) is 7.23. The van der Waals surface area contributed by atoms with Gasteiger partial charge in [0.05, 0.1) is 11.4 Å². The Morgan fingerprint density at radius 3 is 2.10 bits per heavy atom. The fourth-order valence-electron chi connectivity index (χ4n) is 2.65. The van der Waals surface area contributed by atoms with Gasteiger partial charge in [-0.2, -0.15) is 0 Å². The van der Waals surface area contributed by atoms with Crippen LogP contribution in [0.2, 0.25) is 0 Å². The highest BCUT2D eigenvalue weighted by atomic mass is 32.2. The Hall–Kier alpha value is -1.03. The Labute approximate surface area is 128 Å². The molecule has 2 rings (SSSR count). The number of rotatable bonds is 6. The van der Waals surface area contributed by atoms with Crippen LogP contribution in [0.15, 0.2) is 24.3 Å². The van der Waals surface area contributed by atoms with Crippen molar-refractivity contribution < 1.29 is 13.2 Å². The van der Waals surface area contributed by atoms with E-state index < -0.39 is 14.6 Å². The van der Waals surface area contributed by atoms with Crippen LogP contribution in [-0.4, -0.2) is 21.3 Å². The zero-order chi connectivity index (χ0) is 15.7. The summed E-state index contributed by atoms with van der Waals surface area (Å²) in [6.07, 6.45) is 3.80. The second-order valence-corrected chi connectivity index (χ2v) is 9.00. The van der Waals surface area contributed by atoms with Gasteiger partial charge in [0.15, 0.2) is 9.84 Å². The van der Waals surface area contributed by atoms with Crippen LogP contribution in [0.1, 0.15) is 45.6 Å². The molecule has 0 N–H and O–H groups in total. The largest absolute Gasteiger partial charge is 0.493 e. The van der Waals surface area contributed by atoms with Gasteiger partial charge in [-0.1, -0.05) is 32.9 Å². The Morgan fingerprint density at radius 2 is 1.71 bits per heavy atom. The van der Waals surface area contributed by atoms with Crippen molar-refractivity contribution >= 4 is 9.84 Å². The van der Waals surface area contributed by atoms with Gasteiger partial charge < -0.3 is 4.74 Å². The van der Waals surface area contributed by atoms with Crippen LogP contribution in [0.25, 0.3) is 0 Å². The zero-order valence-corrected chi connectivity index (χ0v) is 14.2. The van der Waals surface area contributed by atoms with Crippen molar-refractivity contribution in [1.82, 2.24) is 0 Å². The molecule has 1 unspecified atom stereocenters. The van der Waals surface area contributed by atoms with Crippen molar-refractivity contribution in [3.8, 4) is 5.75 Å². The summed E-state index contributed by atoms with van der Waals surface area (Å²) < 4.78 is 29.3. The van der Waals surface area contributed by atoms with Crippen molar-refractivity contribution in [2.45, 2.75) is 44.8 Å². The van der Waals surface area contributed by atoms with E-state index in [2.05, 4.69) is 20.8 Å². The quantitative estimate of drug-likeness (QED) is 0.803. The Morgan fingerprint density at radius 1 is 1.14 bits per heavy atom. The molecule has 1 aromatic rings. The molecule has 1 saturated carbocycles. The third-order valence-electron chi connectivity index (χ3n) is 4.90. The van der Waals surface area contributed by atoms with Gasteiger partial charge in [0.2, 0.25) is 0 Å². The van der Waals surface area contributed by atoms with Crippen LogP contribution >= 0.6 is 0 Å². The molecule has 21 heavy (non-hydrogen) atoms. The molecule has 1 aromatic carbocycles. The molecule has 3 nitrogen and oxygen atoms in total. The van der Waals surface area contributed by atoms with E-state index in [9.17, 15) is 8.42 Å². The first-order valence-corrected chi connectivity index (χ1v) is 9.58. The maximum Gasteiger partial charge on any atom is 0.157 e. The maximum absolute atomic E-state index is 12.1. The third kappa shape index (κ3) is 3.25. The van der Waals surface area contributed by atoms with Gasteiger partial charge in [0, 0.05) is 6.26 Å². The molecule has 118 valence electrons. The van der Waals surface area contributed by atoms with Gasteiger partial charge in [-0.05, 0) is 48.8 Å². The standard InChI is InChI=1S/C17H26O3S/c1-13(2)14(3)12-20-16-8-6-15(7-9-16)17(10-5-11-17)21(4,18)19/h6-9,13-14H,5,10-12H2,1-4H3. The van der Waals surface area contributed by atoms with E-state index in [4.69, 9.17) is 4.74 Å². The zero-order valence-electron chi connectivity index (χ0n) is 13.4. The molecule has 0 aromatic heterocycles. The van der Waals surface area contributed by atoms with Crippen LogP contribution < -0.4 is 4.74 Å². The van der Waals surface area contributed by atoms with E-state index in [1.165, 1.54) is 6.26 Å². The highest BCUT2D eigenvalue weighted by molar-refractivity contribution is 7.91. The number of hydrogen-bond acceptors (Lipinski definition) is 3. The summed E-state index contributed by atoms with van der Waals surface area (Å²) >= 11 is 0. The van der Waals surface area contributed by atoms with Crippen LogP contribution in [0.5, 0.6) is 5.75 Å². The second kappa shape index (κ2) is 5.99. The Bertz CT molecular complexity index is 569. The average molecular weight is 310 g/mol. The Kier molecular flexibility index (Phi) is 4.66. The molecule has 4 heteroatoms. The van der Waals surface area contributed by atoms with Gasteiger partial charge in [-0.3, -0.25) is 0 Å². The predicted octanol–water partition coefficient (Wildman–Crippen LogP) is 3.78. The number of hydrogen-bond donors (Lipinski definition) is 0. The van der Waals surface area contributed by atoms with Crippen LogP contribution in [0.3, 0.4) is 0 Å². The fraction of sp³-hybridized carbons (Fsp3) is 0.647. The first kappa shape index (κ1) is 16.3. The van der Waals surface area contributed by atoms with E-state index in [0.29, 0.717) is 18.4 Å². The summed E-state index contributed by atoms with van der Waals surface area (Å²) in [5.41, 5.74) is 0.903. The minimum atomic E-state index is -3.07. The molecule has 1 atom stereocenters. The molecular weight excluding hydrogens is 284 g/mol. The highest BCUT2D eigenvalue weighted by Gasteiger charge is 2.47. The molecular formula is C17H26O3S. The first-order chi connectivity index (χ1) is 9.76. The van der Waals surface area contributed by atoms with Crippen molar-refractivity contribution in [2.24, 2.45) is 11.8 Å². The van der Waals surface area contributed by atoms with E-state index in [0.717, 1.165) is 30.6 Å². The van der Waals surface area contributed by atoms with Gasteiger partial charge in [0.1, 0.15) is 5.75 Å². The molecule has 0 heterocycles. The summed E-state index contributed by atoms with van der Waals surface area (Å²) in [7, 11) is -3.07. The molecule has 0 radical (unpaired) electrons. The monoisotopic (exact) mass is 310 g/mol. The molecule has 0 saturated heterocycles. The molecule has 1 fully saturated rings. The van der Waals surface area contributed by atoms with E-state index >= 15 is 0 Å². The molecule has 0 amide bonds. The van der Waals surface area contributed by atoms with Crippen LogP contribution in [0, 0.1) is 11.8 Å². The lowest BCUT2D eigenvalue weighted by Gasteiger charge is -2.40. The topological polar surface area (TPSA) is 43.4 Å². The SMILES string of the molecule is CC(C)C(C)COc1ccc(C2(S(C)(=O)=O)CCC2)cc1. The van der Waals surface area contributed by atoms with Crippen molar-refractivity contribution in [3.05, 3.63) is 29.8 Å². The van der Waals surface area contributed by atoms with Crippen LogP contribution in [0.4, 0.5) is 0 Å². The minimum absolute atomic E-state index is 0.499. The minimum Gasteiger partial charge on any atom is -0.493 e. The summed E-state index contributed by atoms with van der Waals surface area (Å²) in [5, 5.41) is 0. The Balaban J connectivity index is 2.09. The number of ether oxygens (including phenoxy) is 1. The lowest BCUT2D eigenvalue weighted by molar-refractivity contribution is 0.223. The van der Waals surface area contributed by atoms with Gasteiger partial charge in [-0.25, -0.2) is 8.42 Å². The van der Waals surface area contributed by atoms with Crippen molar-refractivity contribution in [1.29, 1.82) is 0 Å². The van der Waals surface area contributed by atoms with Crippen molar-refractivity contribution in [2.75, 3.05) is 12.9 Å². The molecule has 1 aliphatic rings. The second-order valence-electron chi connectivity index (χ2n) is 6.68.